The molecule has 0 aliphatic carbocycles. The predicted octanol–water partition coefficient (Wildman–Crippen LogP) is 0.439. The van der Waals surface area contributed by atoms with Gasteiger partial charge in [-0.25, -0.2) is 0 Å². The van der Waals surface area contributed by atoms with Crippen molar-refractivity contribution in [2.75, 3.05) is 26.2 Å². The Bertz CT molecular complexity index is 510. The van der Waals surface area contributed by atoms with Crippen LogP contribution in [-0.4, -0.2) is 46.5 Å². The predicted molar refractivity (Wildman–Crippen MR) is 73.8 cm³/mol. The van der Waals surface area contributed by atoms with Crippen molar-refractivity contribution in [3.63, 3.8) is 0 Å². The number of amides is 1. The van der Waals surface area contributed by atoms with Crippen LogP contribution in [0.25, 0.3) is 0 Å². The van der Waals surface area contributed by atoms with Gasteiger partial charge in [-0.2, -0.15) is 0 Å². The summed E-state index contributed by atoms with van der Waals surface area (Å²) < 4.78 is 1.57. The van der Waals surface area contributed by atoms with Crippen LogP contribution in [0, 0.1) is 0 Å². The minimum absolute atomic E-state index is 0.0256. The van der Waals surface area contributed by atoms with Gasteiger partial charge < -0.3 is 9.47 Å². The molecule has 1 aliphatic rings. The van der Waals surface area contributed by atoms with Gasteiger partial charge in [-0.05, 0) is 18.1 Å². The van der Waals surface area contributed by atoms with E-state index in [1.54, 1.807) is 30.8 Å². The number of aryl methyl sites for hydroxylation is 1. The second kappa shape index (κ2) is 6.02. The third kappa shape index (κ3) is 3.67. The van der Waals surface area contributed by atoms with Crippen molar-refractivity contribution in [2.24, 2.45) is 7.05 Å². The molecular weight excluding hydrogens is 242 g/mol. The number of nitrogens with zero attached hydrogens (tertiary/aromatic N) is 3. The minimum Gasteiger partial charge on any atom is -0.342 e. The molecule has 2 rings (SSSR count). The van der Waals surface area contributed by atoms with Crippen LogP contribution < -0.4 is 5.56 Å². The van der Waals surface area contributed by atoms with Crippen LogP contribution in [0.5, 0.6) is 0 Å². The highest BCUT2D eigenvalue weighted by atomic mass is 16.2. The summed E-state index contributed by atoms with van der Waals surface area (Å²) in [6, 6.07) is 3.67. The van der Waals surface area contributed by atoms with Crippen LogP contribution in [0.3, 0.4) is 0 Å². The highest BCUT2D eigenvalue weighted by Crippen LogP contribution is 2.07. The molecule has 1 aromatic rings. The molecule has 0 radical (unpaired) electrons. The Hall–Kier alpha value is -1.62. The molecule has 0 bridgehead atoms. The van der Waals surface area contributed by atoms with Gasteiger partial charge in [0.25, 0.3) is 5.56 Å². The molecule has 2 heterocycles. The second-order valence-corrected chi connectivity index (χ2v) is 5.12. The van der Waals surface area contributed by atoms with E-state index < -0.39 is 0 Å². The largest absolute Gasteiger partial charge is 0.342 e. The lowest BCUT2D eigenvalue weighted by molar-refractivity contribution is -0.128. The maximum atomic E-state index is 11.6. The van der Waals surface area contributed by atoms with Crippen molar-refractivity contribution in [2.45, 2.75) is 19.9 Å². The zero-order valence-corrected chi connectivity index (χ0v) is 11.6. The number of carbonyl (C=O) groups is 1. The number of rotatable bonds is 2. The Morgan fingerprint density at radius 2 is 2.05 bits per heavy atom. The van der Waals surface area contributed by atoms with Crippen LogP contribution in [0.1, 0.15) is 18.9 Å². The monoisotopic (exact) mass is 263 g/mol. The van der Waals surface area contributed by atoms with E-state index in [-0.39, 0.29) is 11.5 Å². The normalized spacial score (nSPS) is 17.3. The first kappa shape index (κ1) is 13.8. The number of carbonyl (C=O) groups excluding carboxylic acids is 1. The van der Waals surface area contributed by atoms with Crippen molar-refractivity contribution >= 4 is 5.91 Å². The summed E-state index contributed by atoms with van der Waals surface area (Å²) in [6.07, 6.45) is 2.79. The smallest absolute Gasteiger partial charge is 0.250 e. The minimum atomic E-state index is 0.0256. The van der Waals surface area contributed by atoms with Crippen LogP contribution in [-0.2, 0) is 18.4 Å². The number of hydrogen-bond acceptors (Lipinski definition) is 3. The van der Waals surface area contributed by atoms with Crippen LogP contribution >= 0.6 is 0 Å². The Morgan fingerprint density at radius 1 is 1.26 bits per heavy atom. The fourth-order valence-corrected chi connectivity index (χ4v) is 2.39. The van der Waals surface area contributed by atoms with Crippen molar-refractivity contribution in [1.82, 2.24) is 14.4 Å². The SMILES string of the molecule is CC(=O)N1CCCN(Cc2ccn(C)c(=O)c2)CC1. The summed E-state index contributed by atoms with van der Waals surface area (Å²) in [6.45, 7) is 5.86. The Balaban J connectivity index is 1.97. The maximum Gasteiger partial charge on any atom is 0.250 e. The molecule has 1 fully saturated rings. The molecular formula is C14H21N3O2. The van der Waals surface area contributed by atoms with Crippen LogP contribution in [0.15, 0.2) is 23.1 Å². The second-order valence-electron chi connectivity index (χ2n) is 5.12. The molecule has 1 saturated heterocycles. The van der Waals surface area contributed by atoms with Gasteiger partial charge in [-0.15, -0.1) is 0 Å². The van der Waals surface area contributed by atoms with Gasteiger partial charge >= 0.3 is 0 Å². The van der Waals surface area contributed by atoms with Gasteiger partial charge in [-0.1, -0.05) is 0 Å². The summed E-state index contributed by atoms with van der Waals surface area (Å²) in [5, 5.41) is 0. The quantitative estimate of drug-likeness (QED) is 0.778. The van der Waals surface area contributed by atoms with E-state index >= 15 is 0 Å². The Morgan fingerprint density at radius 3 is 2.74 bits per heavy atom. The molecule has 104 valence electrons. The number of hydrogen-bond donors (Lipinski definition) is 0. The summed E-state index contributed by atoms with van der Waals surface area (Å²) in [7, 11) is 1.75. The van der Waals surface area contributed by atoms with Crippen molar-refractivity contribution < 1.29 is 4.79 Å². The lowest BCUT2D eigenvalue weighted by Gasteiger charge is -2.21. The molecule has 1 amide bonds. The summed E-state index contributed by atoms with van der Waals surface area (Å²) in [5.41, 5.74) is 1.07. The molecule has 0 atom stereocenters. The molecule has 1 aromatic heterocycles. The van der Waals surface area contributed by atoms with E-state index in [1.165, 1.54) is 0 Å². The molecule has 5 heteroatoms. The van der Waals surface area contributed by atoms with E-state index in [0.29, 0.717) is 0 Å². The molecule has 0 N–H and O–H groups in total. The third-order valence-corrected chi connectivity index (χ3v) is 3.61. The standard InChI is InChI=1S/C14H21N3O2/c1-12(18)17-6-3-5-16(8-9-17)11-13-4-7-15(2)14(19)10-13/h4,7,10H,3,5-6,8-9,11H2,1-2H3. The zero-order valence-electron chi connectivity index (χ0n) is 11.6. The topological polar surface area (TPSA) is 45.6 Å². The average molecular weight is 263 g/mol. The summed E-state index contributed by atoms with van der Waals surface area (Å²) in [4.78, 5) is 27.1. The van der Waals surface area contributed by atoms with Gasteiger partial charge in [0.15, 0.2) is 0 Å². The molecule has 0 unspecified atom stereocenters. The number of pyridine rings is 1. The average Bonchev–Trinajstić information content (AvgIpc) is 2.59. The molecule has 0 aromatic carbocycles. The molecule has 19 heavy (non-hydrogen) atoms. The lowest BCUT2D eigenvalue weighted by Crippen LogP contribution is -2.33. The van der Waals surface area contributed by atoms with Gasteiger partial charge in [-0.3, -0.25) is 14.5 Å². The van der Waals surface area contributed by atoms with Gasteiger partial charge in [0, 0.05) is 59.0 Å². The third-order valence-electron chi connectivity index (χ3n) is 3.61. The Labute approximate surface area is 113 Å². The van der Waals surface area contributed by atoms with Crippen LogP contribution in [0.4, 0.5) is 0 Å². The summed E-state index contributed by atoms with van der Waals surface area (Å²) in [5.74, 6) is 0.149. The first-order valence-corrected chi connectivity index (χ1v) is 6.69. The van der Waals surface area contributed by atoms with E-state index in [9.17, 15) is 9.59 Å². The van der Waals surface area contributed by atoms with Gasteiger partial charge in [0.2, 0.25) is 5.91 Å². The highest BCUT2D eigenvalue weighted by molar-refractivity contribution is 5.73. The van der Waals surface area contributed by atoms with E-state index in [4.69, 9.17) is 0 Å². The first-order valence-electron chi connectivity index (χ1n) is 6.69. The van der Waals surface area contributed by atoms with Crippen molar-refractivity contribution in [1.29, 1.82) is 0 Å². The van der Waals surface area contributed by atoms with Crippen LogP contribution in [0.2, 0.25) is 0 Å². The molecule has 0 spiro atoms. The fourth-order valence-electron chi connectivity index (χ4n) is 2.39. The van der Waals surface area contributed by atoms with E-state index in [2.05, 4.69) is 4.90 Å². The Kier molecular flexibility index (Phi) is 4.37. The molecule has 1 aliphatic heterocycles. The molecule has 0 saturated carbocycles. The summed E-state index contributed by atoms with van der Waals surface area (Å²) >= 11 is 0. The fraction of sp³-hybridized carbons (Fsp3) is 0.571. The zero-order chi connectivity index (χ0) is 13.8. The van der Waals surface area contributed by atoms with E-state index in [0.717, 1.165) is 44.7 Å². The van der Waals surface area contributed by atoms with Gasteiger partial charge in [0.1, 0.15) is 0 Å². The first-order chi connectivity index (χ1) is 9.06. The number of aromatic nitrogens is 1. The maximum absolute atomic E-state index is 11.6. The van der Waals surface area contributed by atoms with Gasteiger partial charge in [0.05, 0.1) is 0 Å². The van der Waals surface area contributed by atoms with Crippen molar-refractivity contribution in [3.8, 4) is 0 Å². The van der Waals surface area contributed by atoms with Crippen molar-refractivity contribution in [3.05, 3.63) is 34.2 Å². The lowest BCUT2D eigenvalue weighted by atomic mass is 10.2. The van der Waals surface area contributed by atoms with E-state index in [1.807, 2.05) is 11.0 Å². The molecule has 5 nitrogen and oxygen atoms in total. The highest BCUT2D eigenvalue weighted by Gasteiger charge is 2.16.